The van der Waals surface area contributed by atoms with E-state index in [0.717, 1.165) is 0 Å². The van der Waals surface area contributed by atoms with Crippen molar-refractivity contribution in [2.75, 3.05) is 78.5 Å². The zero-order valence-electron chi connectivity index (χ0n) is 16.0. The van der Waals surface area contributed by atoms with Gasteiger partial charge in [0, 0.05) is 52.4 Å². The lowest BCUT2D eigenvalue weighted by Gasteiger charge is -2.32. The lowest BCUT2D eigenvalue weighted by molar-refractivity contribution is -0.138. The summed E-state index contributed by atoms with van der Waals surface area (Å²) in [5, 5.41) is 8.85. The summed E-state index contributed by atoms with van der Waals surface area (Å²) in [5.74, 6) is -1.88. The molecule has 1 heterocycles. The smallest absolute Gasteiger partial charge is 0.317 e. The summed E-state index contributed by atoms with van der Waals surface area (Å²) in [6.07, 6.45) is 0. The number of hydrogen-bond donors (Lipinski definition) is 4. The van der Waals surface area contributed by atoms with Crippen LogP contribution in [0, 0.1) is 0 Å². The molecule has 1 aliphatic rings. The fourth-order valence-electron chi connectivity index (χ4n) is 3.03. The van der Waals surface area contributed by atoms with E-state index in [2.05, 4.69) is 12.6 Å². The minimum absolute atomic E-state index is 0.0472. The van der Waals surface area contributed by atoms with Crippen LogP contribution in [0.25, 0.3) is 0 Å². The third-order valence-electron chi connectivity index (χ3n) is 4.41. The average molecular weight is 419 g/mol. The zero-order chi connectivity index (χ0) is 21.1. The van der Waals surface area contributed by atoms with E-state index in [9.17, 15) is 19.2 Å². The summed E-state index contributed by atoms with van der Waals surface area (Å²) in [6.45, 7) is 3.84. The predicted molar refractivity (Wildman–Crippen MR) is 106 cm³/mol. The van der Waals surface area contributed by atoms with Crippen molar-refractivity contribution in [3.63, 3.8) is 0 Å². The third kappa shape index (κ3) is 11.2. The fraction of sp³-hybridized carbons (Fsp3) is 0.750. The maximum atomic E-state index is 11.4. The Kier molecular flexibility index (Phi) is 11.0. The summed E-state index contributed by atoms with van der Waals surface area (Å²) in [6, 6.07) is 0. The molecular weight excluding hydrogens is 388 g/mol. The topological polar surface area (TPSA) is 154 Å². The van der Waals surface area contributed by atoms with Crippen molar-refractivity contribution in [2.45, 2.75) is 0 Å². The van der Waals surface area contributed by atoms with Gasteiger partial charge in [0.05, 0.1) is 26.2 Å². The number of amides is 2. The molecule has 0 aliphatic carbocycles. The van der Waals surface area contributed by atoms with Gasteiger partial charge >= 0.3 is 5.97 Å². The lowest BCUT2D eigenvalue weighted by atomic mass is 10.3. The second-order valence-electron chi connectivity index (χ2n) is 6.82. The van der Waals surface area contributed by atoms with Crippen LogP contribution in [0.1, 0.15) is 0 Å². The number of thiol groups is 1. The van der Waals surface area contributed by atoms with Gasteiger partial charge in [-0.15, -0.1) is 12.6 Å². The van der Waals surface area contributed by atoms with Crippen molar-refractivity contribution in [1.82, 2.24) is 19.6 Å². The van der Waals surface area contributed by atoms with Gasteiger partial charge in [0.1, 0.15) is 0 Å². The SMILES string of the molecule is NC(=O)CN1CCN(CC(N)=O)CCN(CC(=O)S)CCN(CC(=O)O)CC1. The highest BCUT2D eigenvalue weighted by molar-refractivity contribution is 7.96. The number of rotatable bonds is 8. The maximum absolute atomic E-state index is 11.4. The number of carbonyl (C=O) groups excluding carboxylic acids is 3. The Labute approximate surface area is 170 Å². The molecule has 5 N–H and O–H groups in total. The van der Waals surface area contributed by atoms with Crippen LogP contribution in [0.4, 0.5) is 0 Å². The van der Waals surface area contributed by atoms with Crippen LogP contribution in [0.15, 0.2) is 0 Å². The Hall–Kier alpha value is -1.73. The molecule has 0 saturated carbocycles. The molecular formula is C16H30N6O5S. The molecule has 1 rings (SSSR count). The summed E-state index contributed by atoms with van der Waals surface area (Å²) in [5.41, 5.74) is 10.6. The van der Waals surface area contributed by atoms with Crippen LogP contribution >= 0.6 is 12.6 Å². The molecule has 1 saturated heterocycles. The standard InChI is InChI=1S/C16H30N6O5S/c17-13(23)9-19-1-2-20(10-14(18)24)4-7-22(12-16(27)28)8-6-21(5-3-19)11-15(25)26/h1-12H2,(H2,17,23)(H2,18,24)(H,25,26)(H,27,28). The minimum atomic E-state index is -0.946. The molecule has 0 spiro atoms. The normalized spacial score (nSPS) is 19.5. The molecule has 12 heteroatoms. The second kappa shape index (κ2) is 12.7. The molecule has 0 aromatic rings. The van der Waals surface area contributed by atoms with Crippen LogP contribution in [-0.2, 0) is 19.2 Å². The molecule has 28 heavy (non-hydrogen) atoms. The van der Waals surface area contributed by atoms with Crippen LogP contribution in [0.2, 0.25) is 0 Å². The number of carbonyl (C=O) groups is 4. The van der Waals surface area contributed by atoms with Gasteiger partial charge in [0.25, 0.3) is 0 Å². The Morgan fingerprint density at radius 1 is 0.643 bits per heavy atom. The van der Waals surface area contributed by atoms with E-state index < -0.39 is 17.8 Å². The number of nitrogens with two attached hydrogens (primary N) is 2. The minimum Gasteiger partial charge on any atom is -0.480 e. The molecule has 0 bridgehead atoms. The summed E-state index contributed by atoms with van der Waals surface area (Å²) >= 11 is 3.83. The van der Waals surface area contributed by atoms with E-state index in [-0.39, 0.29) is 31.3 Å². The molecule has 1 aliphatic heterocycles. The largest absolute Gasteiger partial charge is 0.480 e. The third-order valence-corrected chi connectivity index (χ3v) is 4.55. The van der Waals surface area contributed by atoms with Gasteiger partial charge in [0.15, 0.2) is 5.12 Å². The van der Waals surface area contributed by atoms with Crippen molar-refractivity contribution in [2.24, 2.45) is 11.5 Å². The number of carboxylic acid groups (broad SMARTS) is 1. The second-order valence-corrected chi connectivity index (χ2v) is 7.32. The van der Waals surface area contributed by atoms with Gasteiger partial charge in [-0.3, -0.25) is 38.8 Å². The molecule has 160 valence electrons. The van der Waals surface area contributed by atoms with Gasteiger partial charge in [-0.2, -0.15) is 0 Å². The molecule has 0 aromatic carbocycles. The van der Waals surface area contributed by atoms with E-state index in [1.54, 1.807) is 4.90 Å². The first kappa shape index (κ1) is 24.3. The highest BCUT2D eigenvalue weighted by Crippen LogP contribution is 2.01. The predicted octanol–water partition coefficient (Wildman–Crippen LogP) is -3.28. The first-order valence-electron chi connectivity index (χ1n) is 9.05. The van der Waals surface area contributed by atoms with E-state index >= 15 is 0 Å². The quantitative estimate of drug-likeness (QED) is 0.297. The zero-order valence-corrected chi connectivity index (χ0v) is 16.9. The van der Waals surface area contributed by atoms with Crippen molar-refractivity contribution in [3.8, 4) is 0 Å². The Morgan fingerprint density at radius 3 is 1.18 bits per heavy atom. The van der Waals surface area contributed by atoms with Gasteiger partial charge in [-0.05, 0) is 0 Å². The molecule has 0 aromatic heterocycles. The summed E-state index contributed by atoms with van der Waals surface area (Å²) in [4.78, 5) is 52.6. The van der Waals surface area contributed by atoms with E-state index in [4.69, 9.17) is 16.6 Å². The van der Waals surface area contributed by atoms with E-state index in [1.165, 1.54) is 0 Å². The van der Waals surface area contributed by atoms with Gasteiger partial charge < -0.3 is 16.6 Å². The van der Waals surface area contributed by atoms with Crippen molar-refractivity contribution in [3.05, 3.63) is 0 Å². The Bertz CT molecular complexity index is 452. The molecule has 1 fully saturated rings. The molecule has 0 atom stereocenters. The molecule has 0 unspecified atom stereocenters. The van der Waals surface area contributed by atoms with Gasteiger partial charge in [-0.25, -0.2) is 0 Å². The average Bonchev–Trinajstić information content (AvgIpc) is 2.55. The maximum Gasteiger partial charge on any atom is 0.317 e. The van der Waals surface area contributed by atoms with Gasteiger partial charge in [-0.1, -0.05) is 0 Å². The van der Waals surface area contributed by atoms with Crippen molar-refractivity contribution in [1.29, 1.82) is 0 Å². The number of aliphatic carboxylic acids is 1. The van der Waals surface area contributed by atoms with Crippen LogP contribution < -0.4 is 11.5 Å². The number of nitrogens with zero attached hydrogens (tertiary/aromatic N) is 4. The molecule has 2 amide bonds. The number of primary amides is 2. The monoisotopic (exact) mass is 418 g/mol. The molecule has 0 radical (unpaired) electrons. The molecule has 11 nitrogen and oxygen atoms in total. The fourth-order valence-corrected chi connectivity index (χ4v) is 3.23. The first-order valence-corrected chi connectivity index (χ1v) is 9.50. The van der Waals surface area contributed by atoms with E-state index in [0.29, 0.717) is 52.4 Å². The van der Waals surface area contributed by atoms with Crippen molar-refractivity contribution >= 4 is 35.5 Å². The summed E-state index contributed by atoms with van der Waals surface area (Å²) in [7, 11) is 0. The Balaban J connectivity index is 2.90. The van der Waals surface area contributed by atoms with E-state index in [1.807, 2.05) is 14.7 Å². The number of carboxylic acids is 1. The number of hydrogen-bond acceptors (Lipinski definition) is 8. The van der Waals surface area contributed by atoms with Crippen molar-refractivity contribution < 1.29 is 24.3 Å². The van der Waals surface area contributed by atoms with Gasteiger partial charge in [0.2, 0.25) is 11.8 Å². The van der Waals surface area contributed by atoms with Crippen LogP contribution in [0.3, 0.4) is 0 Å². The Morgan fingerprint density at radius 2 is 0.929 bits per heavy atom. The summed E-state index contributed by atoms with van der Waals surface area (Å²) < 4.78 is 0. The highest BCUT2D eigenvalue weighted by atomic mass is 32.1. The lowest BCUT2D eigenvalue weighted by Crippen LogP contribution is -2.49. The first-order chi connectivity index (χ1) is 13.2. The van der Waals surface area contributed by atoms with Crippen LogP contribution in [-0.4, -0.2) is 126 Å². The van der Waals surface area contributed by atoms with Crippen LogP contribution in [0.5, 0.6) is 0 Å². The highest BCUT2D eigenvalue weighted by Gasteiger charge is 2.19.